The van der Waals surface area contributed by atoms with Crippen molar-refractivity contribution < 1.29 is 9.53 Å². The maximum absolute atomic E-state index is 12.2. The highest BCUT2D eigenvalue weighted by atomic mass is 16.5. The number of hydrogen-bond acceptors (Lipinski definition) is 3. The fraction of sp³-hybridized carbons (Fsp3) is 0.235. The minimum absolute atomic E-state index is 0.186. The topological polar surface area (TPSA) is 64.3 Å². The molecule has 2 rings (SSSR count). The van der Waals surface area contributed by atoms with E-state index in [-0.39, 0.29) is 11.8 Å². The number of para-hydroxylation sites is 1. The van der Waals surface area contributed by atoms with Crippen molar-refractivity contribution in [2.24, 2.45) is 0 Å². The molecule has 0 aliphatic rings. The molecule has 0 saturated carbocycles. The molecule has 0 aromatic heterocycles. The molecule has 0 aliphatic carbocycles. The zero-order valence-corrected chi connectivity index (χ0v) is 12.3. The van der Waals surface area contributed by atoms with Crippen LogP contribution in [0.1, 0.15) is 28.8 Å². The van der Waals surface area contributed by atoms with Gasteiger partial charge in [0, 0.05) is 6.54 Å². The van der Waals surface area contributed by atoms with Crippen LogP contribution >= 0.6 is 0 Å². The molecule has 0 spiro atoms. The van der Waals surface area contributed by atoms with E-state index in [1.807, 2.05) is 18.2 Å². The minimum Gasteiger partial charge on any atom is -0.495 e. The summed E-state index contributed by atoms with van der Waals surface area (Å²) in [4.78, 5) is 12.2. The molecule has 4 heteroatoms. The summed E-state index contributed by atoms with van der Waals surface area (Å²) in [6.07, 6.45) is 0. The van der Waals surface area contributed by atoms with E-state index in [1.165, 1.54) is 12.7 Å². The van der Waals surface area contributed by atoms with Gasteiger partial charge in [0.05, 0.1) is 18.4 Å². The molecule has 1 atom stereocenters. The van der Waals surface area contributed by atoms with Crippen LogP contribution in [0.4, 0.5) is 5.69 Å². The summed E-state index contributed by atoms with van der Waals surface area (Å²) in [5.74, 6) is 0.565. The number of methoxy groups -OCH3 is 1. The predicted octanol–water partition coefficient (Wildman–Crippen LogP) is 2.81. The number of carbonyl (C=O) groups is 1. The van der Waals surface area contributed by atoms with Gasteiger partial charge >= 0.3 is 0 Å². The second kappa shape index (κ2) is 6.79. The van der Waals surface area contributed by atoms with Crippen LogP contribution in [-0.2, 0) is 0 Å². The van der Waals surface area contributed by atoms with Crippen molar-refractivity contribution >= 4 is 11.6 Å². The van der Waals surface area contributed by atoms with E-state index in [0.717, 1.165) is 0 Å². The summed E-state index contributed by atoms with van der Waals surface area (Å²) in [5.41, 5.74) is 7.92. The van der Waals surface area contributed by atoms with Crippen molar-refractivity contribution in [2.75, 3.05) is 19.4 Å². The van der Waals surface area contributed by atoms with Crippen LogP contribution in [0.15, 0.2) is 48.5 Å². The van der Waals surface area contributed by atoms with Crippen molar-refractivity contribution in [3.05, 3.63) is 59.7 Å². The molecule has 1 unspecified atom stereocenters. The van der Waals surface area contributed by atoms with Crippen LogP contribution in [0.5, 0.6) is 5.75 Å². The molecule has 2 aromatic rings. The minimum atomic E-state index is -0.186. The Kier molecular flexibility index (Phi) is 4.82. The number of benzene rings is 2. The van der Waals surface area contributed by atoms with Gasteiger partial charge in [0.25, 0.3) is 5.91 Å². The van der Waals surface area contributed by atoms with Crippen molar-refractivity contribution in [3.63, 3.8) is 0 Å². The number of carbonyl (C=O) groups excluding carboxylic acids is 1. The first kappa shape index (κ1) is 14.9. The molecule has 0 fully saturated rings. The number of nitrogens with two attached hydrogens (primary N) is 1. The molecule has 4 nitrogen and oxygen atoms in total. The third kappa shape index (κ3) is 3.54. The molecule has 0 bridgehead atoms. The molecule has 21 heavy (non-hydrogen) atoms. The van der Waals surface area contributed by atoms with Gasteiger partial charge in [-0.1, -0.05) is 43.3 Å². The van der Waals surface area contributed by atoms with Crippen LogP contribution in [0.2, 0.25) is 0 Å². The average molecular weight is 284 g/mol. The van der Waals surface area contributed by atoms with E-state index < -0.39 is 0 Å². The fourth-order valence-electron chi connectivity index (χ4n) is 2.16. The smallest absolute Gasteiger partial charge is 0.253 e. The molecular weight excluding hydrogens is 264 g/mol. The molecule has 0 radical (unpaired) electrons. The second-order valence-corrected chi connectivity index (χ2v) is 4.94. The zero-order valence-electron chi connectivity index (χ0n) is 12.3. The number of ether oxygens (including phenoxy) is 1. The van der Waals surface area contributed by atoms with Gasteiger partial charge in [-0.05, 0) is 23.6 Å². The maximum atomic E-state index is 12.2. The van der Waals surface area contributed by atoms with E-state index in [1.54, 1.807) is 18.2 Å². The first-order valence-corrected chi connectivity index (χ1v) is 6.89. The van der Waals surface area contributed by atoms with Crippen LogP contribution in [-0.4, -0.2) is 19.6 Å². The monoisotopic (exact) mass is 284 g/mol. The van der Waals surface area contributed by atoms with E-state index in [4.69, 9.17) is 10.5 Å². The summed E-state index contributed by atoms with van der Waals surface area (Å²) < 4.78 is 5.13. The summed E-state index contributed by atoms with van der Waals surface area (Å²) in [6, 6.07) is 15.3. The van der Waals surface area contributed by atoms with Crippen LogP contribution in [0.25, 0.3) is 0 Å². The third-order valence-corrected chi connectivity index (χ3v) is 3.47. The lowest BCUT2D eigenvalue weighted by Gasteiger charge is -2.14. The fourth-order valence-corrected chi connectivity index (χ4v) is 2.16. The van der Waals surface area contributed by atoms with E-state index >= 15 is 0 Å². The number of rotatable bonds is 5. The summed E-state index contributed by atoms with van der Waals surface area (Å²) in [6.45, 7) is 2.63. The Labute approximate surface area is 124 Å². The first-order valence-electron chi connectivity index (χ1n) is 6.89. The second-order valence-electron chi connectivity index (χ2n) is 4.94. The third-order valence-electron chi connectivity index (χ3n) is 3.47. The maximum Gasteiger partial charge on any atom is 0.253 e. The van der Waals surface area contributed by atoms with Crippen molar-refractivity contribution in [2.45, 2.75) is 12.8 Å². The molecule has 110 valence electrons. The van der Waals surface area contributed by atoms with Gasteiger partial charge in [0.15, 0.2) is 0 Å². The highest BCUT2D eigenvalue weighted by Gasteiger charge is 2.14. The number of anilines is 1. The summed E-state index contributed by atoms with van der Waals surface area (Å²) >= 11 is 0. The zero-order chi connectivity index (χ0) is 15.2. The number of nitrogen functional groups attached to an aromatic ring is 1. The lowest BCUT2D eigenvalue weighted by Crippen LogP contribution is -2.28. The molecule has 0 saturated heterocycles. The molecule has 0 aliphatic heterocycles. The van der Waals surface area contributed by atoms with Gasteiger partial charge in [-0.3, -0.25) is 4.79 Å². The normalized spacial score (nSPS) is 11.7. The predicted molar refractivity (Wildman–Crippen MR) is 84.6 cm³/mol. The van der Waals surface area contributed by atoms with Crippen molar-refractivity contribution in [3.8, 4) is 5.75 Å². The quantitative estimate of drug-likeness (QED) is 0.830. The van der Waals surface area contributed by atoms with Gasteiger partial charge in [-0.25, -0.2) is 0 Å². The van der Waals surface area contributed by atoms with Gasteiger partial charge in [0.1, 0.15) is 5.75 Å². The van der Waals surface area contributed by atoms with Gasteiger partial charge in [-0.2, -0.15) is 0 Å². The standard InChI is InChI=1S/C17H20N2O2/c1-12(13-7-4-3-5-8-13)11-19-17(20)14-9-6-10-15(21-2)16(14)18/h3-10,12H,11,18H2,1-2H3,(H,19,20). The summed E-state index contributed by atoms with van der Waals surface area (Å²) in [5, 5.41) is 2.91. The molecular formula is C17H20N2O2. The number of hydrogen-bond donors (Lipinski definition) is 2. The Hall–Kier alpha value is -2.49. The largest absolute Gasteiger partial charge is 0.495 e. The van der Waals surface area contributed by atoms with Crippen molar-refractivity contribution in [1.29, 1.82) is 0 Å². The SMILES string of the molecule is COc1cccc(C(=O)NCC(C)c2ccccc2)c1N. The first-order chi connectivity index (χ1) is 10.1. The average Bonchev–Trinajstić information content (AvgIpc) is 2.53. The molecule has 0 heterocycles. The van der Waals surface area contributed by atoms with Gasteiger partial charge in [-0.15, -0.1) is 0 Å². The Bertz CT molecular complexity index is 611. The Morgan fingerprint density at radius 1 is 1.19 bits per heavy atom. The molecule has 2 aromatic carbocycles. The lowest BCUT2D eigenvalue weighted by atomic mass is 10.0. The van der Waals surface area contributed by atoms with Crippen LogP contribution in [0.3, 0.4) is 0 Å². The van der Waals surface area contributed by atoms with Gasteiger partial charge in [0.2, 0.25) is 0 Å². The van der Waals surface area contributed by atoms with Crippen LogP contribution in [0, 0.1) is 0 Å². The highest BCUT2D eigenvalue weighted by Crippen LogP contribution is 2.24. The van der Waals surface area contributed by atoms with Crippen LogP contribution < -0.4 is 15.8 Å². The number of nitrogens with one attached hydrogen (secondary N) is 1. The van der Waals surface area contributed by atoms with E-state index in [9.17, 15) is 4.79 Å². The Morgan fingerprint density at radius 2 is 1.90 bits per heavy atom. The Balaban J connectivity index is 2.02. The van der Waals surface area contributed by atoms with Gasteiger partial charge < -0.3 is 15.8 Å². The van der Waals surface area contributed by atoms with E-state index in [2.05, 4.69) is 24.4 Å². The Morgan fingerprint density at radius 3 is 2.57 bits per heavy atom. The molecule has 1 amide bonds. The highest BCUT2D eigenvalue weighted by molar-refractivity contribution is 6.00. The number of amides is 1. The lowest BCUT2D eigenvalue weighted by molar-refractivity contribution is 0.0952. The van der Waals surface area contributed by atoms with Crippen molar-refractivity contribution in [1.82, 2.24) is 5.32 Å². The summed E-state index contributed by atoms with van der Waals surface area (Å²) in [7, 11) is 1.53. The van der Waals surface area contributed by atoms with E-state index in [0.29, 0.717) is 23.5 Å². The molecule has 3 N–H and O–H groups in total.